The number of hydrogen-bond donors (Lipinski definition) is 2. The first-order valence-electron chi connectivity index (χ1n) is 14.6. The molecule has 44 heavy (non-hydrogen) atoms. The van der Waals surface area contributed by atoms with Crippen LogP contribution in [-0.2, 0) is 6.54 Å². The Morgan fingerprint density at radius 3 is 2.52 bits per heavy atom. The number of rotatable bonds is 6. The molecular formula is C32H28F4N6O2. The van der Waals surface area contributed by atoms with Crippen LogP contribution in [0.4, 0.5) is 17.6 Å². The van der Waals surface area contributed by atoms with E-state index in [1.54, 1.807) is 11.0 Å². The molecule has 2 aliphatic heterocycles. The van der Waals surface area contributed by atoms with Crippen LogP contribution in [0.2, 0.25) is 0 Å². The third-order valence-electron chi connectivity index (χ3n) is 9.49. The van der Waals surface area contributed by atoms with Crippen molar-refractivity contribution in [3.63, 3.8) is 0 Å². The van der Waals surface area contributed by atoms with Gasteiger partial charge in [0, 0.05) is 29.3 Å². The van der Waals surface area contributed by atoms with Crippen LogP contribution in [0.1, 0.15) is 66.4 Å². The highest BCUT2D eigenvalue weighted by Gasteiger charge is 2.47. The number of benzene rings is 3. The molecule has 1 amide bonds. The largest absolute Gasteiger partial charge is 0.388 e. The Morgan fingerprint density at radius 2 is 1.91 bits per heavy atom. The SMILES string of the molecule is N#Cc1ccc(-c2cc(C(=O)N3[C@@H]4CC[C@H]3[C@@H](N)C4)ccc2-c2cc3nnn(CC4(O)CCC4)c3c(C(F)F)c2F)cc1F. The molecule has 3 aliphatic rings. The second kappa shape index (κ2) is 10.4. The summed E-state index contributed by atoms with van der Waals surface area (Å²) >= 11 is 0. The Kier molecular flexibility index (Phi) is 6.71. The van der Waals surface area contributed by atoms with Crippen LogP contribution in [0.3, 0.4) is 0 Å². The summed E-state index contributed by atoms with van der Waals surface area (Å²) in [4.78, 5) is 15.5. The van der Waals surface area contributed by atoms with Crippen LogP contribution >= 0.6 is 0 Å². The molecule has 4 aromatic rings. The van der Waals surface area contributed by atoms with E-state index < -0.39 is 29.2 Å². The van der Waals surface area contributed by atoms with Crippen LogP contribution in [0, 0.1) is 23.0 Å². The fraction of sp³-hybridized carbons (Fsp3) is 0.375. The Bertz CT molecular complexity index is 1860. The molecule has 3 heterocycles. The highest BCUT2D eigenvalue weighted by molar-refractivity contribution is 5.99. The maximum atomic E-state index is 16.3. The molecule has 0 spiro atoms. The molecular weight excluding hydrogens is 576 g/mol. The van der Waals surface area contributed by atoms with Crippen molar-refractivity contribution in [1.29, 1.82) is 5.26 Å². The van der Waals surface area contributed by atoms with Gasteiger partial charge in [0.25, 0.3) is 12.3 Å². The number of nitriles is 1. The van der Waals surface area contributed by atoms with Gasteiger partial charge < -0.3 is 15.7 Å². The van der Waals surface area contributed by atoms with E-state index in [1.807, 2.05) is 0 Å². The Labute approximate surface area is 249 Å². The summed E-state index contributed by atoms with van der Waals surface area (Å²) in [5.41, 5.74) is 4.39. The number of nitrogens with two attached hydrogens (primary N) is 1. The molecule has 226 valence electrons. The molecule has 0 radical (unpaired) electrons. The van der Waals surface area contributed by atoms with Gasteiger partial charge in [-0.3, -0.25) is 4.79 Å². The van der Waals surface area contributed by atoms with Crippen LogP contribution in [-0.4, -0.2) is 54.6 Å². The summed E-state index contributed by atoms with van der Waals surface area (Å²) in [5, 5.41) is 27.9. The van der Waals surface area contributed by atoms with Crippen molar-refractivity contribution in [3.05, 3.63) is 70.8 Å². The number of carbonyl (C=O) groups is 1. The Morgan fingerprint density at radius 1 is 1.11 bits per heavy atom. The van der Waals surface area contributed by atoms with E-state index in [-0.39, 0.29) is 75.0 Å². The van der Waals surface area contributed by atoms with Crippen molar-refractivity contribution in [2.45, 2.75) is 75.2 Å². The van der Waals surface area contributed by atoms with Crippen LogP contribution in [0.15, 0.2) is 42.5 Å². The lowest BCUT2D eigenvalue weighted by Gasteiger charge is -2.36. The van der Waals surface area contributed by atoms with Gasteiger partial charge in [-0.05, 0) is 85.5 Å². The van der Waals surface area contributed by atoms with Gasteiger partial charge in [0.1, 0.15) is 28.7 Å². The third-order valence-corrected chi connectivity index (χ3v) is 9.49. The highest BCUT2D eigenvalue weighted by Crippen LogP contribution is 2.43. The van der Waals surface area contributed by atoms with Crippen molar-refractivity contribution in [1.82, 2.24) is 19.9 Å². The molecule has 12 heteroatoms. The zero-order valence-electron chi connectivity index (χ0n) is 23.5. The van der Waals surface area contributed by atoms with Gasteiger partial charge >= 0.3 is 0 Å². The molecule has 1 saturated carbocycles. The predicted molar refractivity (Wildman–Crippen MR) is 152 cm³/mol. The molecule has 2 bridgehead atoms. The van der Waals surface area contributed by atoms with Crippen LogP contribution in [0.5, 0.6) is 0 Å². The maximum absolute atomic E-state index is 16.3. The van der Waals surface area contributed by atoms with Gasteiger partial charge in [-0.15, -0.1) is 5.10 Å². The minimum atomic E-state index is -3.24. The van der Waals surface area contributed by atoms with E-state index >= 15 is 4.39 Å². The number of fused-ring (bicyclic) bond motifs is 3. The number of aliphatic hydroxyl groups is 1. The molecule has 0 unspecified atom stereocenters. The minimum Gasteiger partial charge on any atom is -0.388 e. The van der Waals surface area contributed by atoms with E-state index in [0.29, 0.717) is 19.3 Å². The monoisotopic (exact) mass is 604 g/mol. The molecule has 3 aromatic carbocycles. The van der Waals surface area contributed by atoms with E-state index in [9.17, 15) is 28.3 Å². The topological polar surface area (TPSA) is 121 Å². The smallest absolute Gasteiger partial charge is 0.268 e. The van der Waals surface area contributed by atoms with E-state index in [4.69, 9.17) is 5.73 Å². The van der Waals surface area contributed by atoms with Crippen LogP contribution < -0.4 is 5.73 Å². The maximum Gasteiger partial charge on any atom is 0.268 e. The molecule has 2 saturated heterocycles. The van der Waals surface area contributed by atoms with Crippen molar-refractivity contribution < 1.29 is 27.5 Å². The van der Waals surface area contributed by atoms with Gasteiger partial charge in [0.15, 0.2) is 0 Å². The minimum absolute atomic E-state index is 0.000588. The van der Waals surface area contributed by atoms with Crippen molar-refractivity contribution in [2.24, 2.45) is 5.73 Å². The standard InChI is InChI=1S/C32H28F4N6O2/c33-23-11-16(2-3-18(23)14-37)21-10-17(31(43)42-19-5-7-26(42)24(38)12-19)4-6-20(21)22-13-25-29(27(28(22)34)30(35)36)41(40-39-25)15-32(44)8-1-9-32/h2-4,6,10-11,13,19,24,26,30,44H,1,5,7-9,12,15,38H2/t19-,24+,26+/m1/s1. The molecule has 8 nitrogen and oxygen atoms in total. The third kappa shape index (κ3) is 4.45. The number of hydrogen-bond acceptors (Lipinski definition) is 6. The molecule has 1 aromatic heterocycles. The average Bonchev–Trinajstić information content (AvgIpc) is 3.67. The zero-order valence-corrected chi connectivity index (χ0v) is 23.5. The fourth-order valence-electron chi connectivity index (χ4n) is 7.10. The molecule has 7 rings (SSSR count). The van der Waals surface area contributed by atoms with Gasteiger partial charge in [-0.1, -0.05) is 17.3 Å². The van der Waals surface area contributed by atoms with E-state index in [1.165, 1.54) is 36.4 Å². The van der Waals surface area contributed by atoms with Crippen molar-refractivity contribution in [2.75, 3.05) is 0 Å². The zero-order chi connectivity index (χ0) is 30.9. The van der Waals surface area contributed by atoms with Crippen molar-refractivity contribution in [3.8, 4) is 28.3 Å². The lowest BCUT2D eigenvalue weighted by atomic mass is 9.80. The predicted octanol–water partition coefficient (Wildman–Crippen LogP) is 5.47. The highest BCUT2D eigenvalue weighted by atomic mass is 19.3. The number of amides is 1. The van der Waals surface area contributed by atoms with Gasteiger partial charge in [0.05, 0.1) is 23.3 Å². The van der Waals surface area contributed by atoms with E-state index in [0.717, 1.165) is 30.0 Å². The summed E-state index contributed by atoms with van der Waals surface area (Å²) in [6, 6.07) is 11.1. The summed E-state index contributed by atoms with van der Waals surface area (Å²) in [7, 11) is 0. The van der Waals surface area contributed by atoms with Crippen LogP contribution in [0.25, 0.3) is 33.3 Å². The number of nitrogens with zero attached hydrogens (tertiary/aromatic N) is 5. The second-order valence-corrected chi connectivity index (χ2v) is 12.1. The number of aromatic nitrogens is 3. The van der Waals surface area contributed by atoms with Gasteiger partial charge in [0.2, 0.25) is 0 Å². The number of halogens is 4. The van der Waals surface area contributed by atoms with Crippen molar-refractivity contribution >= 4 is 16.9 Å². The Hall–Kier alpha value is -4.34. The van der Waals surface area contributed by atoms with Gasteiger partial charge in [-0.2, -0.15) is 5.26 Å². The summed E-state index contributed by atoms with van der Waals surface area (Å²) < 4.78 is 61.3. The summed E-state index contributed by atoms with van der Waals surface area (Å²) in [5.74, 6) is -2.31. The quantitative estimate of drug-likeness (QED) is 0.282. The fourth-order valence-corrected chi connectivity index (χ4v) is 7.10. The first-order valence-corrected chi connectivity index (χ1v) is 14.6. The number of alkyl halides is 2. The molecule has 1 aliphatic carbocycles. The average molecular weight is 605 g/mol. The summed E-state index contributed by atoms with van der Waals surface area (Å²) in [6.45, 7) is -0.100. The molecule has 3 fully saturated rings. The first-order chi connectivity index (χ1) is 21.1. The normalized spacial score (nSPS) is 22.0. The molecule has 3 atom stereocenters. The first kappa shape index (κ1) is 28.4. The number of carbonyl (C=O) groups excluding carboxylic acids is 1. The Balaban J connectivity index is 1.39. The molecule has 3 N–H and O–H groups in total. The lowest BCUT2D eigenvalue weighted by molar-refractivity contribution is -0.0493. The second-order valence-electron chi connectivity index (χ2n) is 12.1. The van der Waals surface area contributed by atoms with E-state index in [2.05, 4.69) is 10.3 Å². The van der Waals surface area contributed by atoms with Gasteiger partial charge in [-0.25, -0.2) is 22.2 Å². The lowest BCUT2D eigenvalue weighted by Crippen LogP contribution is -2.41. The summed E-state index contributed by atoms with van der Waals surface area (Å²) in [6.07, 6.45) is 0.823.